The van der Waals surface area contributed by atoms with E-state index in [4.69, 9.17) is 0 Å². The van der Waals surface area contributed by atoms with E-state index >= 15 is 0 Å². The van der Waals surface area contributed by atoms with Gasteiger partial charge in [0, 0.05) is 12.7 Å². The lowest BCUT2D eigenvalue weighted by atomic mass is 10.2. The van der Waals surface area contributed by atoms with E-state index in [1.807, 2.05) is 12.3 Å². The highest BCUT2D eigenvalue weighted by molar-refractivity contribution is 5.03. The molecule has 0 aliphatic rings. The minimum absolute atomic E-state index is 0.977. The highest BCUT2D eigenvalue weighted by Crippen LogP contribution is 2.04. The van der Waals surface area contributed by atoms with Gasteiger partial charge in [-0.3, -0.25) is 9.88 Å². The van der Waals surface area contributed by atoms with E-state index in [-0.39, 0.29) is 0 Å². The molecule has 0 saturated heterocycles. The molecule has 0 radical (unpaired) electrons. The van der Waals surface area contributed by atoms with Crippen molar-refractivity contribution in [1.82, 2.24) is 15.2 Å². The summed E-state index contributed by atoms with van der Waals surface area (Å²) in [6, 6.07) is 6.14. The molecule has 102 valence electrons. The highest BCUT2D eigenvalue weighted by Gasteiger charge is 2.03. The standard InChI is InChI=1S/C15H27N3/c1-3-16-11-7-5-9-13-18(4-2)14-15-10-6-8-12-17-15/h6,8,10,12,16H,3-5,7,9,11,13-14H2,1-2H3. The van der Waals surface area contributed by atoms with Crippen molar-refractivity contribution in [3.63, 3.8) is 0 Å². The fourth-order valence-corrected chi connectivity index (χ4v) is 2.01. The lowest BCUT2D eigenvalue weighted by Crippen LogP contribution is -2.24. The van der Waals surface area contributed by atoms with Crippen molar-refractivity contribution >= 4 is 0 Å². The smallest absolute Gasteiger partial charge is 0.0543 e. The summed E-state index contributed by atoms with van der Waals surface area (Å²) < 4.78 is 0. The van der Waals surface area contributed by atoms with Crippen LogP contribution in [0.15, 0.2) is 24.4 Å². The van der Waals surface area contributed by atoms with Crippen LogP contribution in [0.3, 0.4) is 0 Å². The maximum atomic E-state index is 4.38. The summed E-state index contributed by atoms with van der Waals surface area (Å²) in [6.45, 7) is 9.88. The second-order valence-electron chi connectivity index (χ2n) is 4.60. The molecule has 0 spiro atoms. The number of nitrogens with one attached hydrogen (secondary N) is 1. The molecule has 0 bridgehead atoms. The zero-order chi connectivity index (χ0) is 13.1. The van der Waals surface area contributed by atoms with Crippen LogP contribution in [0.2, 0.25) is 0 Å². The molecule has 1 rings (SSSR count). The molecule has 18 heavy (non-hydrogen) atoms. The number of hydrogen-bond donors (Lipinski definition) is 1. The minimum atomic E-state index is 0.977. The SMILES string of the molecule is CCNCCCCCN(CC)Cc1ccccn1. The fraction of sp³-hybridized carbons (Fsp3) is 0.667. The first-order valence-corrected chi connectivity index (χ1v) is 7.19. The zero-order valence-corrected chi connectivity index (χ0v) is 11.9. The van der Waals surface area contributed by atoms with Crippen LogP contribution >= 0.6 is 0 Å². The molecule has 0 aliphatic carbocycles. The molecule has 0 aromatic carbocycles. The highest BCUT2D eigenvalue weighted by atomic mass is 15.1. The summed E-state index contributed by atoms with van der Waals surface area (Å²) in [5, 5.41) is 3.37. The Balaban J connectivity index is 2.14. The second kappa shape index (κ2) is 10.0. The second-order valence-corrected chi connectivity index (χ2v) is 4.60. The van der Waals surface area contributed by atoms with Gasteiger partial charge < -0.3 is 5.32 Å². The minimum Gasteiger partial charge on any atom is -0.317 e. The van der Waals surface area contributed by atoms with Crippen LogP contribution in [0.4, 0.5) is 0 Å². The maximum absolute atomic E-state index is 4.38. The number of unbranched alkanes of at least 4 members (excludes halogenated alkanes) is 2. The fourth-order valence-electron chi connectivity index (χ4n) is 2.01. The topological polar surface area (TPSA) is 28.2 Å². The molecular weight excluding hydrogens is 222 g/mol. The molecule has 0 atom stereocenters. The number of rotatable bonds is 10. The molecule has 0 fully saturated rings. The van der Waals surface area contributed by atoms with Gasteiger partial charge in [-0.1, -0.05) is 26.3 Å². The van der Waals surface area contributed by atoms with E-state index in [0.29, 0.717) is 0 Å². The van der Waals surface area contributed by atoms with Crippen LogP contribution in [0.1, 0.15) is 38.8 Å². The van der Waals surface area contributed by atoms with Gasteiger partial charge >= 0.3 is 0 Å². The molecule has 0 saturated carbocycles. The Morgan fingerprint density at radius 2 is 2.06 bits per heavy atom. The van der Waals surface area contributed by atoms with Gasteiger partial charge in [0.25, 0.3) is 0 Å². The Labute approximate surface area is 112 Å². The van der Waals surface area contributed by atoms with Crippen LogP contribution in [0, 0.1) is 0 Å². The van der Waals surface area contributed by atoms with Crippen LogP contribution < -0.4 is 5.32 Å². The zero-order valence-electron chi connectivity index (χ0n) is 11.9. The number of hydrogen-bond acceptors (Lipinski definition) is 3. The van der Waals surface area contributed by atoms with Gasteiger partial charge in [0.05, 0.1) is 5.69 Å². The monoisotopic (exact) mass is 249 g/mol. The molecule has 3 nitrogen and oxygen atoms in total. The van der Waals surface area contributed by atoms with Crippen LogP contribution in [-0.4, -0.2) is 36.1 Å². The predicted molar refractivity (Wildman–Crippen MR) is 77.6 cm³/mol. The van der Waals surface area contributed by atoms with Crippen LogP contribution in [0.25, 0.3) is 0 Å². The Bertz CT molecular complexity index is 287. The summed E-state index contributed by atoms with van der Waals surface area (Å²) in [7, 11) is 0. The molecular formula is C15H27N3. The quantitative estimate of drug-likeness (QED) is 0.646. The molecule has 0 aliphatic heterocycles. The summed E-state index contributed by atoms with van der Waals surface area (Å²) in [5.41, 5.74) is 1.17. The number of pyridine rings is 1. The molecule has 1 aromatic heterocycles. The van der Waals surface area contributed by atoms with Crippen molar-refractivity contribution < 1.29 is 0 Å². The average molecular weight is 249 g/mol. The largest absolute Gasteiger partial charge is 0.317 e. The summed E-state index contributed by atoms with van der Waals surface area (Å²) in [5.74, 6) is 0. The Morgan fingerprint density at radius 1 is 1.17 bits per heavy atom. The normalized spacial score (nSPS) is 11.1. The van der Waals surface area contributed by atoms with E-state index in [1.54, 1.807) is 0 Å². The molecule has 0 amide bonds. The van der Waals surface area contributed by atoms with Gasteiger partial charge in [0.15, 0.2) is 0 Å². The first-order valence-electron chi connectivity index (χ1n) is 7.19. The van der Waals surface area contributed by atoms with Gasteiger partial charge in [-0.25, -0.2) is 0 Å². The van der Waals surface area contributed by atoms with Gasteiger partial charge in [-0.05, 0) is 51.2 Å². The molecule has 3 heteroatoms. The van der Waals surface area contributed by atoms with Gasteiger partial charge in [-0.15, -0.1) is 0 Å². The maximum Gasteiger partial charge on any atom is 0.0543 e. The van der Waals surface area contributed by atoms with Crippen molar-refractivity contribution in [2.75, 3.05) is 26.2 Å². The summed E-state index contributed by atoms with van der Waals surface area (Å²) in [4.78, 5) is 6.85. The van der Waals surface area contributed by atoms with Crippen LogP contribution in [-0.2, 0) is 6.54 Å². The van der Waals surface area contributed by atoms with Gasteiger partial charge in [0.1, 0.15) is 0 Å². The Kier molecular flexibility index (Phi) is 8.43. The lowest BCUT2D eigenvalue weighted by Gasteiger charge is -2.19. The average Bonchev–Trinajstić information content (AvgIpc) is 2.42. The van der Waals surface area contributed by atoms with E-state index in [2.05, 4.69) is 41.2 Å². The number of nitrogens with zero attached hydrogens (tertiary/aromatic N) is 2. The lowest BCUT2D eigenvalue weighted by molar-refractivity contribution is 0.269. The first-order chi connectivity index (χ1) is 8.86. The third-order valence-corrected chi connectivity index (χ3v) is 3.14. The molecule has 1 aromatic rings. The van der Waals surface area contributed by atoms with Crippen molar-refractivity contribution in [2.24, 2.45) is 0 Å². The van der Waals surface area contributed by atoms with Crippen molar-refractivity contribution in [3.05, 3.63) is 30.1 Å². The molecule has 1 heterocycles. The predicted octanol–water partition coefficient (Wildman–Crippen LogP) is 2.68. The van der Waals surface area contributed by atoms with E-state index in [9.17, 15) is 0 Å². The van der Waals surface area contributed by atoms with Crippen molar-refractivity contribution in [3.8, 4) is 0 Å². The Morgan fingerprint density at radius 3 is 2.72 bits per heavy atom. The molecule has 0 unspecified atom stereocenters. The summed E-state index contributed by atoms with van der Waals surface area (Å²) >= 11 is 0. The third-order valence-electron chi connectivity index (χ3n) is 3.14. The molecule has 1 N–H and O–H groups in total. The van der Waals surface area contributed by atoms with E-state index in [1.165, 1.54) is 31.5 Å². The van der Waals surface area contributed by atoms with E-state index in [0.717, 1.165) is 26.2 Å². The van der Waals surface area contributed by atoms with Gasteiger partial charge in [0.2, 0.25) is 0 Å². The van der Waals surface area contributed by atoms with Crippen molar-refractivity contribution in [2.45, 2.75) is 39.7 Å². The summed E-state index contributed by atoms with van der Waals surface area (Å²) in [6.07, 6.45) is 5.76. The first kappa shape index (κ1) is 15.1. The van der Waals surface area contributed by atoms with Gasteiger partial charge in [-0.2, -0.15) is 0 Å². The van der Waals surface area contributed by atoms with Crippen LogP contribution in [0.5, 0.6) is 0 Å². The number of aromatic nitrogens is 1. The third kappa shape index (κ3) is 6.72. The Hall–Kier alpha value is -0.930. The van der Waals surface area contributed by atoms with Crippen molar-refractivity contribution in [1.29, 1.82) is 0 Å². The van der Waals surface area contributed by atoms with E-state index < -0.39 is 0 Å².